The zero-order valence-corrected chi connectivity index (χ0v) is 23.7. The Morgan fingerprint density at radius 2 is 2.00 bits per heavy atom. The lowest BCUT2D eigenvalue weighted by atomic mass is 10.0. The van der Waals surface area contributed by atoms with Gasteiger partial charge in [0.15, 0.2) is 12.0 Å². The van der Waals surface area contributed by atoms with Gasteiger partial charge >= 0.3 is 21.1 Å². The molecule has 0 spiro atoms. The molecule has 1 fully saturated rings. The summed E-state index contributed by atoms with van der Waals surface area (Å²) < 4.78 is 43.2. The number of hydrogen-bond acceptors (Lipinski definition) is 9. The smallest absolute Gasteiger partial charge is 0.415 e. The van der Waals surface area contributed by atoms with E-state index in [1.807, 2.05) is 13.8 Å². The van der Waals surface area contributed by atoms with Gasteiger partial charge in [-0.3, -0.25) is 9.59 Å². The van der Waals surface area contributed by atoms with E-state index in [1.165, 1.54) is 31.4 Å². The molecular formula is C27H32N4O9S. The molecule has 13 nitrogen and oxygen atoms in total. The highest BCUT2D eigenvalue weighted by molar-refractivity contribution is 7.89. The number of methoxy groups -OCH3 is 1. The van der Waals surface area contributed by atoms with Crippen LogP contribution in [-0.4, -0.2) is 62.8 Å². The van der Waals surface area contributed by atoms with Crippen LogP contribution < -0.4 is 24.8 Å². The molecule has 1 unspecified atom stereocenters. The molecule has 2 amide bonds. The SMILES string of the molecule is COc1ccc2oc(OC(=O)NC(CC(C)C)C(=O)N[C@H]3CCCN(S(=O)(=O)c4cccc[n+]4[O-])CC3=O)cc2c1. The van der Waals surface area contributed by atoms with Crippen molar-refractivity contribution < 1.29 is 41.4 Å². The molecule has 1 saturated heterocycles. The number of amides is 2. The summed E-state index contributed by atoms with van der Waals surface area (Å²) in [5.74, 6) is -0.616. The Bertz CT molecular complexity index is 1540. The summed E-state index contributed by atoms with van der Waals surface area (Å²) in [6.45, 7) is 3.22. The molecule has 0 bridgehead atoms. The van der Waals surface area contributed by atoms with Crippen LogP contribution in [0.2, 0.25) is 0 Å². The molecule has 3 heterocycles. The summed E-state index contributed by atoms with van der Waals surface area (Å²) in [7, 11) is -2.70. The lowest BCUT2D eigenvalue weighted by molar-refractivity contribution is -0.646. The molecule has 14 heteroatoms. The van der Waals surface area contributed by atoms with Crippen molar-refractivity contribution in [2.75, 3.05) is 20.2 Å². The second-order valence-electron chi connectivity index (χ2n) is 10.1. The van der Waals surface area contributed by atoms with Crippen LogP contribution in [0, 0.1) is 11.1 Å². The number of sulfonamides is 1. The van der Waals surface area contributed by atoms with E-state index in [0.29, 0.717) is 16.7 Å². The Morgan fingerprint density at radius 1 is 1.22 bits per heavy atom. The maximum Gasteiger partial charge on any atom is 0.415 e. The number of hydrogen-bond donors (Lipinski definition) is 2. The van der Waals surface area contributed by atoms with E-state index in [1.54, 1.807) is 18.2 Å². The van der Waals surface area contributed by atoms with Crippen LogP contribution >= 0.6 is 0 Å². The molecule has 4 rings (SSSR count). The number of carbonyl (C=O) groups is 3. The first-order valence-electron chi connectivity index (χ1n) is 13.0. The molecule has 0 saturated carbocycles. The number of Topliss-reactive ketones (excluding diaryl/α,β-unsaturated/α-hetero) is 1. The minimum absolute atomic E-state index is 0.000144. The normalized spacial score (nSPS) is 17.2. The highest BCUT2D eigenvalue weighted by Crippen LogP contribution is 2.28. The van der Waals surface area contributed by atoms with Gasteiger partial charge in [-0.05, 0) is 49.4 Å². The molecular weight excluding hydrogens is 556 g/mol. The number of aromatic nitrogens is 1. The highest BCUT2D eigenvalue weighted by atomic mass is 32.2. The van der Waals surface area contributed by atoms with Gasteiger partial charge < -0.3 is 29.7 Å². The molecule has 220 valence electrons. The van der Waals surface area contributed by atoms with E-state index >= 15 is 0 Å². The highest BCUT2D eigenvalue weighted by Gasteiger charge is 2.37. The zero-order valence-electron chi connectivity index (χ0n) is 22.9. The van der Waals surface area contributed by atoms with E-state index in [2.05, 4.69) is 10.6 Å². The average molecular weight is 589 g/mol. The molecule has 0 aliphatic carbocycles. The lowest BCUT2D eigenvalue weighted by Crippen LogP contribution is -2.53. The minimum atomic E-state index is -4.23. The summed E-state index contributed by atoms with van der Waals surface area (Å²) in [6, 6.07) is 8.57. The third-order valence-corrected chi connectivity index (χ3v) is 8.38. The number of pyridine rings is 1. The van der Waals surface area contributed by atoms with Crippen molar-refractivity contribution in [3.63, 3.8) is 0 Å². The number of rotatable bonds is 9. The molecule has 3 aromatic rings. The standard InChI is InChI=1S/C27H32N4O9S/c1-17(2)13-21(29-27(34)40-25-15-18-14-19(38-3)9-10-23(18)39-25)26(33)28-20-7-6-11-30(16-22(20)32)41(36,37)24-8-4-5-12-31(24)35/h4-5,8-10,12,14-15,17,20-21H,6-7,11,13,16H2,1-3H3,(H,28,33)(H,29,34)/t20-,21?/m0/s1. The Labute approximate surface area is 237 Å². The number of fused-ring (bicyclic) bond motifs is 1. The number of nitrogens with zero attached hydrogens (tertiary/aromatic N) is 2. The van der Waals surface area contributed by atoms with E-state index in [9.17, 15) is 28.0 Å². The maximum atomic E-state index is 13.2. The van der Waals surface area contributed by atoms with Crippen molar-refractivity contribution in [1.29, 1.82) is 0 Å². The molecule has 1 aliphatic heterocycles. The van der Waals surface area contributed by atoms with Crippen molar-refractivity contribution in [1.82, 2.24) is 14.9 Å². The number of carbonyl (C=O) groups excluding carboxylic acids is 3. The van der Waals surface area contributed by atoms with Crippen molar-refractivity contribution in [2.45, 2.75) is 50.2 Å². The van der Waals surface area contributed by atoms with Crippen LogP contribution in [0.4, 0.5) is 4.79 Å². The number of nitrogens with one attached hydrogen (secondary N) is 2. The summed E-state index contributed by atoms with van der Waals surface area (Å²) in [5, 5.41) is 17.4. The van der Waals surface area contributed by atoms with E-state index < -0.39 is 51.5 Å². The van der Waals surface area contributed by atoms with Crippen molar-refractivity contribution in [3.05, 3.63) is 53.9 Å². The third kappa shape index (κ3) is 7.13. The number of furan rings is 1. The molecule has 1 aliphatic rings. The fourth-order valence-corrected chi connectivity index (χ4v) is 5.98. The first-order valence-corrected chi connectivity index (χ1v) is 14.5. The predicted molar refractivity (Wildman–Crippen MR) is 146 cm³/mol. The van der Waals surface area contributed by atoms with E-state index in [-0.39, 0.29) is 42.4 Å². The fraction of sp³-hybridized carbons (Fsp3) is 0.407. The van der Waals surface area contributed by atoms with Crippen LogP contribution in [0.1, 0.15) is 33.1 Å². The molecule has 2 atom stereocenters. The second-order valence-corrected chi connectivity index (χ2v) is 11.9. The van der Waals surface area contributed by atoms with Gasteiger partial charge in [0.1, 0.15) is 17.4 Å². The Kier molecular flexibility index (Phi) is 9.13. The van der Waals surface area contributed by atoms with Gasteiger partial charge in [-0.15, -0.1) is 0 Å². The molecule has 1 aromatic carbocycles. The summed E-state index contributed by atoms with van der Waals surface area (Å²) >= 11 is 0. The van der Waals surface area contributed by atoms with Crippen LogP contribution in [0.25, 0.3) is 11.0 Å². The number of ketones is 1. The summed E-state index contributed by atoms with van der Waals surface area (Å²) in [6.07, 6.45) is 0.840. The van der Waals surface area contributed by atoms with Crippen molar-refractivity contribution in [2.24, 2.45) is 5.92 Å². The largest absolute Gasteiger partial charge is 0.618 e. The zero-order chi connectivity index (χ0) is 29.7. The monoisotopic (exact) mass is 588 g/mol. The summed E-state index contributed by atoms with van der Waals surface area (Å²) in [4.78, 5) is 38.9. The molecule has 2 aromatic heterocycles. The summed E-state index contributed by atoms with van der Waals surface area (Å²) in [5.41, 5.74) is 0.477. The Morgan fingerprint density at radius 3 is 2.71 bits per heavy atom. The first-order chi connectivity index (χ1) is 19.5. The van der Waals surface area contributed by atoms with Crippen LogP contribution in [0.3, 0.4) is 0 Å². The second kappa shape index (κ2) is 12.6. The lowest BCUT2D eigenvalue weighted by Gasteiger charge is -2.23. The maximum absolute atomic E-state index is 13.2. The molecule has 2 N–H and O–H groups in total. The van der Waals surface area contributed by atoms with E-state index in [0.717, 1.165) is 10.5 Å². The quantitative estimate of drug-likeness (QED) is 0.281. The van der Waals surface area contributed by atoms with Crippen molar-refractivity contribution >= 4 is 38.8 Å². The van der Waals surface area contributed by atoms with Gasteiger partial charge in [-0.2, -0.15) is 9.04 Å². The number of benzene rings is 1. The topological polar surface area (TPSA) is 171 Å². The van der Waals surface area contributed by atoms with Crippen LogP contribution in [0.15, 0.2) is 58.1 Å². The van der Waals surface area contributed by atoms with Crippen LogP contribution in [0.5, 0.6) is 11.7 Å². The fourth-order valence-electron chi connectivity index (χ4n) is 4.51. The predicted octanol–water partition coefficient (Wildman–Crippen LogP) is 2.12. The first kappa shape index (κ1) is 29.8. The van der Waals surface area contributed by atoms with E-state index in [4.69, 9.17) is 13.9 Å². The Balaban J connectivity index is 1.41. The van der Waals surface area contributed by atoms with Crippen LogP contribution in [-0.2, 0) is 19.6 Å². The average Bonchev–Trinajstić information content (AvgIpc) is 3.22. The Hall–Kier alpha value is -4.17. The number of ether oxygens (including phenoxy) is 2. The van der Waals surface area contributed by atoms with Gasteiger partial charge in [0.2, 0.25) is 5.91 Å². The van der Waals surface area contributed by atoms with Gasteiger partial charge in [0, 0.05) is 30.1 Å². The van der Waals surface area contributed by atoms with Gasteiger partial charge in [-0.25, -0.2) is 13.2 Å². The van der Waals surface area contributed by atoms with Gasteiger partial charge in [0.25, 0.3) is 5.95 Å². The third-order valence-electron chi connectivity index (χ3n) is 6.54. The molecule has 41 heavy (non-hydrogen) atoms. The van der Waals surface area contributed by atoms with Gasteiger partial charge in [0.05, 0.1) is 19.7 Å². The van der Waals surface area contributed by atoms with Crippen molar-refractivity contribution in [3.8, 4) is 11.7 Å². The minimum Gasteiger partial charge on any atom is -0.618 e. The van der Waals surface area contributed by atoms with Gasteiger partial charge in [-0.1, -0.05) is 13.8 Å². The molecule has 0 radical (unpaired) electrons.